The SMILES string of the molecule is CCOC(C)=O.O=C(O)CCCC(=O)O. The van der Waals surface area contributed by atoms with E-state index in [1.165, 1.54) is 6.92 Å². The summed E-state index contributed by atoms with van der Waals surface area (Å²) in [5, 5.41) is 16.1. The maximum Gasteiger partial charge on any atom is 0.303 e. The number of rotatable bonds is 5. The minimum atomic E-state index is -0.948. The first-order chi connectivity index (χ1) is 6.90. The van der Waals surface area contributed by atoms with Gasteiger partial charge in [-0.1, -0.05) is 0 Å². The second kappa shape index (κ2) is 10.5. The molecule has 0 saturated carbocycles. The molecular weight excluding hydrogens is 204 g/mol. The van der Waals surface area contributed by atoms with E-state index in [0.717, 1.165) is 0 Å². The normalized spacial score (nSPS) is 8.40. The van der Waals surface area contributed by atoms with E-state index >= 15 is 0 Å². The quantitative estimate of drug-likeness (QED) is 0.667. The van der Waals surface area contributed by atoms with Crippen LogP contribution in [0.2, 0.25) is 0 Å². The second-order valence-electron chi connectivity index (χ2n) is 2.57. The standard InChI is InChI=1S/C5H8O4.C4H8O2/c6-4(7)2-1-3-5(8)9;1-3-6-4(2)5/h1-3H2,(H,6,7)(H,8,9);3H2,1-2H3. The number of carboxylic acid groups (broad SMARTS) is 2. The zero-order chi connectivity index (χ0) is 12.3. The van der Waals surface area contributed by atoms with Crippen molar-refractivity contribution in [3.05, 3.63) is 0 Å². The average molecular weight is 220 g/mol. The van der Waals surface area contributed by atoms with E-state index in [-0.39, 0.29) is 25.2 Å². The smallest absolute Gasteiger partial charge is 0.303 e. The highest BCUT2D eigenvalue weighted by atomic mass is 16.5. The first-order valence-corrected chi connectivity index (χ1v) is 4.47. The molecule has 0 aliphatic carbocycles. The number of carboxylic acids is 2. The zero-order valence-electron chi connectivity index (χ0n) is 8.86. The molecule has 0 spiro atoms. The molecule has 15 heavy (non-hydrogen) atoms. The fourth-order valence-corrected chi connectivity index (χ4v) is 0.594. The minimum absolute atomic E-state index is 0.0632. The predicted octanol–water partition coefficient (Wildman–Crippen LogP) is 0.895. The van der Waals surface area contributed by atoms with Crippen molar-refractivity contribution in [3.63, 3.8) is 0 Å². The van der Waals surface area contributed by atoms with E-state index in [1.807, 2.05) is 0 Å². The van der Waals surface area contributed by atoms with Crippen molar-refractivity contribution >= 4 is 17.9 Å². The zero-order valence-corrected chi connectivity index (χ0v) is 8.86. The molecule has 2 N–H and O–H groups in total. The molecule has 0 aliphatic heterocycles. The molecule has 0 amide bonds. The van der Waals surface area contributed by atoms with Crippen LogP contribution in [0.1, 0.15) is 33.1 Å². The summed E-state index contributed by atoms with van der Waals surface area (Å²) in [6.07, 6.45) is 0.0866. The van der Waals surface area contributed by atoms with E-state index in [4.69, 9.17) is 10.2 Å². The highest BCUT2D eigenvalue weighted by Crippen LogP contribution is 1.93. The van der Waals surface area contributed by atoms with Crippen LogP contribution in [-0.2, 0) is 19.1 Å². The predicted molar refractivity (Wildman–Crippen MR) is 51.4 cm³/mol. The van der Waals surface area contributed by atoms with Gasteiger partial charge in [-0.05, 0) is 13.3 Å². The number of hydrogen-bond acceptors (Lipinski definition) is 4. The fourth-order valence-electron chi connectivity index (χ4n) is 0.594. The van der Waals surface area contributed by atoms with Crippen molar-refractivity contribution in [3.8, 4) is 0 Å². The summed E-state index contributed by atoms with van der Waals surface area (Å²) in [5.74, 6) is -2.11. The van der Waals surface area contributed by atoms with E-state index in [9.17, 15) is 14.4 Å². The van der Waals surface area contributed by atoms with Crippen LogP contribution >= 0.6 is 0 Å². The molecular formula is C9H16O6. The Hall–Kier alpha value is -1.59. The second-order valence-corrected chi connectivity index (χ2v) is 2.57. The fraction of sp³-hybridized carbons (Fsp3) is 0.667. The monoisotopic (exact) mass is 220 g/mol. The molecule has 0 aliphatic rings. The van der Waals surface area contributed by atoms with Gasteiger partial charge in [-0.25, -0.2) is 0 Å². The van der Waals surface area contributed by atoms with E-state index in [1.54, 1.807) is 6.92 Å². The average Bonchev–Trinajstić information content (AvgIpc) is 2.03. The number of carbonyl (C=O) groups excluding carboxylic acids is 1. The van der Waals surface area contributed by atoms with Crippen molar-refractivity contribution in [2.75, 3.05) is 6.61 Å². The summed E-state index contributed by atoms with van der Waals surface area (Å²) in [4.78, 5) is 29.4. The van der Waals surface area contributed by atoms with Crippen LogP contribution in [0.4, 0.5) is 0 Å². The van der Waals surface area contributed by atoms with Crippen LogP contribution < -0.4 is 0 Å². The lowest BCUT2D eigenvalue weighted by Crippen LogP contribution is -1.98. The molecule has 0 rings (SSSR count). The molecule has 0 aromatic rings. The number of hydrogen-bond donors (Lipinski definition) is 2. The summed E-state index contributed by atoms with van der Waals surface area (Å²) in [5.41, 5.74) is 0. The van der Waals surface area contributed by atoms with E-state index in [2.05, 4.69) is 4.74 Å². The molecule has 0 radical (unpaired) electrons. The molecule has 88 valence electrons. The van der Waals surface area contributed by atoms with Crippen LogP contribution in [0.3, 0.4) is 0 Å². The van der Waals surface area contributed by atoms with Gasteiger partial charge in [0.05, 0.1) is 6.61 Å². The minimum Gasteiger partial charge on any atom is -0.481 e. The lowest BCUT2D eigenvalue weighted by atomic mass is 10.2. The molecule has 0 bridgehead atoms. The first-order valence-electron chi connectivity index (χ1n) is 4.47. The van der Waals surface area contributed by atoms with Crippen LogP contribution in [0, 0.1) is 0 Å². The van der Waals surface area contributed by atoms with Crippen LogP contribution in [0.25, 0.3) is 0 Å². The summed E-state index contributed by atoms with van der Waals surface area (Å²) < 4.78 is 4.40. The summed E-state index contributed by atoms with van der Waals surface area (Å²) in [6.45, 7) is 3.65. The first kappa shape index (κ1) is 15.9. The lowest BCUT2D eigenvalue weighted by molar-refractivity contribution is -0.141. The number of esters is 1. The molecule has 0 aromatic heterocycles. The highest BCUT2D eigenvalue weighted by molar-refractivity contribution is 5.69. The third kappa shape index (κ3) is 24.5. The van der Waals surface area contributed by atoms with Gasteiger partial charge in [-0.3, -0.25) is 14.4 Å². The Balaban J connectivity index is 0. The summed E-state index contributed by atoms with van der Waals surface area (Å²) in [6, 6.07) is 0. The molecule has 0 atom stereocenters. The van der Waals surface area contributed by atoms with Gasteiger partial charge in [0.2, 0.25) is 0 Å². The van der Waals surface area contributed by atoms with Gasteiger partial charge in [-0.2, -0.15) is 0 Å². The Morgan fingerprint density at radius 2 is 1.47 bits per heavy atom. The maximum atomic E-state index is 9.82. The Morgan fingerprint density at radius 3 is 1.60 bits per heavy atom. The van der Waals surface area contributed by atoms with Gasteiger partial charge in [0.15, 0.2) is 0 Å². The van der Waals surface area contributed by atoms with Crippen molar-refractivity contribution in [1.29, 1.82) is 0 Å². The molecule has 0 saturated heterocycles. The van der Waals surface area contributed by atoms with Gasteiger partial charge in [-0.15, -0.1) is 0 Å². The van der Waals surface area contributed by atoms with Crippen molar-refractivity contribution in [2.24, 2.45) is 0 Å². The Kier molecular flexibility index (Phi) is 11.1. The highest BCUT2D eigenvalue weighted by Gasteiger charge is 1.99. The van der Waals surface area contributed by atoms with Crippen molar-refractivity contribution in [1.82, 2.24) is 0 Å². The Morgan fingerprint density at radius 1 is 1.07 bits per heavy atom. The molecule has 0 fully saturated rings. The van der Waals surface area contributed by atoms with Gasteiger partial charge in [0, 0.05) is 19.8 Å². The molecule has 0 unspecified atom stereocenters. The summed E-state index contributed by atoms with van der Waals surface area (Å²) in [7, 11) is 0. The molecule has 0 aromatic carbocycles. The Labute approximate surface area is 87.9 Å². The lowest BCUT2D eigenvalue weighted by Gasteiger charge is -1.89. The van der Waals surface area contributed by atoms with E-state index in [0.29, 0.717) is 6.61 Å². The van der Waals surface area contributed by atoms with Gasteiger partial charge in [0.25, 0.3) is 0 Å². The number of ether oxygens (including phenoxy) is 1. The van der Waals surface area contributed by atoms with Crippen molar-refractivity contribution < 1.29 is 29.3 Å². The van der Waals surface area contributed by atoms with Gasteiger partial charge >= 0.3 is 17.9 Å². The summed E-state index contributed by atoms with van der Waals surface area (Å²) >= 11 is 0. The number of carbonyl (C=O) groups is 3. The van der Waals surface area contributed by atoms with Gasteiger partial charge < -0.3 is 14.9 Å². The van der Waals surface area contributed by atoms with E-state index < -0.39 is 11.9 Å². The number of aliphatic carboxylic acids is 2. The van der Waals surface area contributed by atoms with Crippen LogP contribution in [-0.4, -0.2) is 34.7 Å². The third-order valence-corrected chi connectivity index (χ3v) is 1.13. The largest absolute Gasteiger partial charge is 0.481 e. The van der Waals surface area contributed by atoms with Crippen LogP contribution in [0.5, 0.6) is 0 Å². The topological polar surface area (TPSA) is 101 Å². The van der Waals surface area contributed by atoms with Gasteiger partial charge in [0.1, 0.15) is 0 Å². The molecule has 0 heterocycles. The molecule has 6 heteroatoms. The maximum absolute atomic E-state index is 9.82. The third-order valence-electron chi connectivity index (χ3n) is 1.13. The van der Waals surface area contributed by atoms with Crippen LogP contribution in [0.15, 0.2) is 0 Å². The molecule has 6 nitrogen and oxygen atoms in total. The van der Waals surface area contributed by atoms with Crippen molar-refractivity contribution in [2.45, 2.75) is 33.1 Å². The Bertz CT molecular complexity index is 197.